The maximum Gasteiger partial charge on any atom is 0.145 e. The minimum atomic E-state index is -0.0976. The average Bonchev–Trinajstić information content (AvgIpc) is 3.22. The second-order valence-corrected chi connectivity index (χ2v) is 13.5. The molecule has 14 heteroatoms. The number of nitrogens with zero attached hydrogens (tertiary/aromatic N) is 8. The zero-order valence-corrected chi connectivity index (χ0v) is 34.1. The number of hydrogen-bond acceptors (Lipinski definition) is 12. The number of aromatic hydroxyl groups is 4. The molecule has 0 bridgehead atoms. The van der Waals surface area contributed by atoms with Crippen LogP contribution in [0, 0.1) is 18.3 Å². The van der Waals surface area contributed by atoms with Crippen LogP contribution in [0.2, 0.25) is 5.02 Å². The first-order valence-electron chi connectivity index (χ1n) is 18.5. The fraction of sp³-hybridized carbons (Fsp3) is 0.205. The molecule has 6 aromatic carbocycles. The Kier molecular flexibility index (Phi) is 16.7. The summed E-state index contributed by atoms with van der Waals surface area (Å²) in [6, 6.07) is 32.7. The van der Waals surface area contributed by atoms with Crippen molar-refractivity contribution in [3.63, 3.8) is 0 Å². The van der Waals surface area contributed by atoms with E-state index in [9.17, 15) is 20.4 Å². The smallest absolute Gasteiger partial charge is 0.145 e. The molecule has 298 valence electrons. The van der Waals surface area contributed by atoms with Crippen LogP contribution in [-0.4, -0.2) is 33.5 Å². The van der Waals surface area contributed by atoms with Gasteiger partial charge in [0.05, 0.1) is 23.0 Å². The molecule has 0 aliphatic carbocycles. The van der Waals surface area contributed by atoms with E-state index in [1.54, 1.807) is 60.7 Å². The van der Waals surface area contributed by atoms with Gasteiger partial charge in [-0.15, -0.1) is 20.5 Å². The minimum absolute atomic E-state index is 0. The molecule has 6 aromatic rings. The Hall–Kier alpha value is -6.32. The van der Waals surface area contributed by atoms with Crippen LogP contribution in [0.15, 0.2) is 140 Å². The van der Waals surface area contributed by atoms with E-state index in [-0.39, 0.29) is 51.4 Å². The number of anilines is 1. The van der Waals surface area contributed by atoms with Crippen LogP contribution < -0.4 is 4.90 Å². The van der Waals surface area contributed by atoms with Gasteiger partial charge in [0.2, 0.25) is 0 Å². The molecule has 0 saturated heterocycles. The molecule has 0 fully saturated rings. The number of rotatable bonds is 13. The van der Waals surface area contributed by atoms with Gasteiger partial charge in [0.15, 0.2) is 0 Å². The first-order chi connectivity index (χ1) is 27.6. The van der Waals surface area contributed by atoms with Gasteiger partial charge in [0.25, 0.3) is 0 Å². The molecule has 0 saturated carbocycles. The first kappa shape index (κ1) is 44.4. The standard InChI is InChI=1S/C28H32N6O2.C16H11ClN2O2.Fe/c1-4-6-14-34(15-7-5-2)23-12-13-24(27(35)17-23)31-33-26-16-20(3)25(18-28(26)36)32-30-22-10-8-21(19-29)9-11-22;17-11-6-8-14(20)13(9-11)18-19-16-12-4-2-1-3-10(12)5-7-15(16)21;/h8-13,16-18,35-36H,4-7,14-15H2,1-3H3;1-9,20-21H;. The van der Waals surface area contributed by atoms with Gasteiger partial charge in [-0.3, -0.25) is 0 Å². The second kappa shape index (κ2) is 21.8. The number of fused-ring (bicyclic) bond motifs is 1. The van der Waals surface area contributed by atoms with Crippen molar-refractivity contribution in [2.45, 2.75) is 46.5 Å². The predicted octanol–water partition coefficient (Wildman–Crippen LogP) is 13.8. The van der Waals surface area contributed by atoms with E-state index in [0.29, 0.717) is 33.3 Å². The molecule has 0 spiro atoms. The predicted molar refractivity (Wildman–Crippen MR) is 225 cm³/mol. The molecule has 0 aromatic heterocycles. The summed E-state index contributed by atoms with van der Waals surface area (Å²) < 4.78 is 0. The van der Waals surface area contributed by atoms with Crippen molar-refractivity contribution in [2.24, 2.45) is 30.7 Å². The van der Waals surface area contributed by atoms with Crippen LogP contribution in [0.1, 0.15) is 50.7 Å². The Morgan fingerprint density at radius 1 is 0.603 bits per heavy atom. The summed E-state index contributed by atoms with van der Waals surface area (Å²) in [7, 11) is 0. The van der Waals surface area contributed by atoms with Crippen LogP contribution in [0.3, 0.4) is 0 Å². The molecule has 0 aliphatic heterocycles. The molecule has 0 heterocycles. The minimum Gasteiger partial charge on any atom is -0.506 e. The van der Waals surface area contributed by atoms with Gasteiger partial charge in [-0.1, -0.05) is 68.6 Å². The summed E-state index contributed by atoms with van der Waals surface area (Å²) in [6.07, 6.45) is 4.40. The number of azo groups is 3. The van der Waals surface area contributed by atoms with Gasteiger partial charge >= 0.3 is 0 Å². The van der Waals surface area contributed by atoms with Crippen molar-refractivity contribution >= 4 is 62.2 Å². The number of nitriles is 1. The Bertz CT molecular complexity index is 2450. The molecule has 0 unspecified atom stereocenters. The van der Waals surface area contributed by atoms with Crippen LogP contribution in [0.5, 0.6) is 23.0 Å². The first-order valence-corrected chi connectivity index (χ1v) is 18.8. The summed E-state index contributed by atoms with van der Waals surface area (Å²) in [5.74, 6) is -0.0558. The van der Waals surface area contributed by atoms with Crippen LogP contribution >= 0.6 is 11.6 Å². The number of hydrogen-bond donors (Lipinski definition) is 4. The summed E-state index contributed by atoms with van der Waals surface area (Å²) in [6.45, 7) is 8.05. The molecule has 0 atom stereocenters. The van der Waals surface area contributed by atoms with Gasteiger partial charge in [-0.2, -0.15) is 15.5 Å². The van der Waals surface area contributed by atoms with Gasteiger partial charge in [0, 0.05) is 58.4 Å². The fourth-order valence-electron chi connectivity index (χ4n) is 5.57. The van der Waals surface area contributed by atoms with Gasteiger partial charge in [-0.25, -0.2) is 0 Å². The zero-order chi connectivity index (χ0) is 40.7. The van der Waals surface area contributed by atoms with Crippen molar-refractivity contribution < 1.29 is 37.5 Å². The molecular formula is C44H43ClFeN8O4. The van der Waals surface area contributed by atoms with E-state index in [4.69, 9.17) is 16.9 Å². The Morgan fingerprint density at radius 2 is 1.22 bits per heavy atom. The summed E-state index contributed by atoms with van der Waals surface area (Å²) in [5, 5.41) is 76.5. The quantitative estimate of drug-likeness (QED) is 0.0663. The molecule has 58 heavy (non-hydrogen) atoms. The normalized spacial score (nSPS) is 11.1. The van der Waals surface area contributed by atoms with Gasteiger partial charge in [-0.05, 0) is 97.4 Å². The average molecular weight is 839 g/mol. The van der Waals surface area contributed by atoms with Crippen molar-refractivity contribution in [2.75, 3.05) is 18.0 Å². The molecule has 0 radical (unpaired) electrons. The number of unbranched alkanes of at least 4 members (excludes halogenated alkanes) is 2. The number of benzene rings is 6. The molecule has 6 rings (SSSR count). The summed E-state index contributed by atoms with van der Waals surface area (Å²) >= 11 is 5.86. The third-order valence-electron chi connectivity index (χ3n) is 8.79. The van der Waals surface area contributed by atoms with E-state index in [1.165, 1.54) is 18.2 Å². The SMILES string of the molecule is CCCCN(CCCC)c1ccc(N=Nc2cc(C)c(N=Nc3ccc(C#N)cc3)cc2O)c(O)c1.Oc1ccc(Cl)cc1N=Nc1c(O)ccc2ccccc12.[Fe]. The summed E-state index contributed by atoms with van der Waals surface area (Å²) in [5.41, 5.74) is 4.53. The van der Waals surface area contributed by atoms with Crippen LogP contribution in [-0.2, 0) is 17.1 Å². The van der Waals surface area contributed by atoms with E-state index in [2.05, 4.69) is 55.5 Å². The molecule has 0 aliphatic rings. The van der Waals surface area contributed by atoms with Crippen LogP contribution in [0.4, 0.5) is 39.8 Å². The maximum absolute atomic E-state index is 10.6. The number of phenolic OH excluding ortho intramolecular Hbond substituents is 4. The zero-order valence-electron chi connectivity index (χ0n) is 32.2. The summed E-state index contributed by atoms with van der Waals surface area (Å²) in [4.78, 5) is 2.29. The topological polar surface area (TPSA) is 182 Å². The third-order valence-corrected chi connectivity index (χ3v) is 9.03. The third kappa shape index (κ3) is 12.1. The number of halogens is 1. The van der Waals surface area contributed by atoms with Gasteiger partial charge in [0.1, 0.15) is 45.7 Å². The monoisotopic (exact) mass is 838 g/mol. The van der Waals surface area contributed by atoms with Crippen molar-refractivity contribution in [1.82, 2.24) is 0 Å². The van der Waals surface area contributed by atoms with Crippen LogP contribution in [0.25, 0.3) is 10.8 Å². The Morgan fingerprint density at radius 3 is 1.91 bits per heavy atom. The maximum atomic E-state index is 10.6. The Labute approximate surface area is 353 Å². The number of aryl methyl sites for hydroxylation is 1. The molecular weight excluding hydrogens is 796 g/mol. The molecule has 0 amide bonds. The van der Waals surface area contributed by atoms with Crippen molar-refractivity contribution in [1.29, 1.82) is 5.26 Å². The van der Waals surface area contributed by atoms with E-state index in [0.717, 1.165) is 60.8 Å². The van der Waals surface area contributed by atoms with Crippen molar-refractivity contribution in [3.05, 3.63) is 125 Å². The van der Waals surface area contributed by atoms with E-state index in [1.807, 2.05) is 37.3 Å². The van der Waals surface area contributed by atoms with Gasteiger partial charge < -0.3 is 25.3 Å². The molecule has 12 nitrogen and oxygen atoms in total. The van der Waals surface area contributed by atoms with E-state index >= 15 is 0 Å². The fourth-order valence-corrected chi connectivity index (χ4v) is 5.74. The number of phenols is 4. The molecule has 4 N–H and O–H groups in total. The Balaban J connectivity index is 0.000000287. The largest absolute Gasteiger partial charge is 0.506 e. The second-order valence-electron chi connectivity index (χ2n) is 13.0. The van der Waals surface area contributed by atoms with E-state index < -0.39 is 0 Å². The van der Waals surface area contributed by atoms with Crippen molar-refractivity contribution in [3.8, 4) is 29.1 Å².